The maximum Gasteiger partial charge on any atom is 0.119 e. The van der Waals surface area contributed by atoms with Gasteiger partial charge in [-0.1, -0.05) is 0 Å². The molecule has 0 saturated heterocycles. The van der Waals surface area contributed by atoms with E-state index in [1.807, 2.05) is 6.08 Å². The van der Waals surface area contributed by atoms with Crippen molar-refractivity contribution in [2.45, 2.75) is 0 Å². The first-order chi connectivity index (χ1) is 6.00. The van der Waals surface area contributed by atoms with Crippen LogP contribution in [0.4, 0.5) is 0 Å². The highest BCUT2D eigenvalue weighted by molar-refractivity contribution is 5.00. The molecule has 2 N–H and O–H groups in total. The Hall–Kier alpha value is -1.84. The van der Waals surface area contributed by atoms with Crippen molar-refractivity contribution in [3.05, 3.63) is 49.5 Å². The van der Waals surface area contributed by atoms with Crippen LogP contribution >= 0.6 is 0 Å². The molecule has 0 radical (unpaired) electrons. The van der Waals surface area contributed by atoms with E-state index in [0.717, 1.165) is 0 Å². The zero-order valence-corrected chi connectivity index (χ0v) is 6.44. The highest BCUT2D eigenvalue weighted by atomic mass is 16.6. The second-order valence-corrected chi connectivity index (χ2v) is 1.83. The molecule has 0 amide bonds. The van der Waals surface area contributed by atoms with Crippen molar-refractivity contribution in [2.24, 2.45) is 0 Å². The van der Waals surface area contributed by atoms with Gasteiger partial charge in [0.1, 0.15) is 18.8 Å². The Balaban J connectivity index is 0.000000120. The summed E-state index contributed by atoms with van der Waals surface area (Å²) >= 11 is 0. The summed E-state index contributed by atoms with van der Waals surface area (Å²) in [6.45, 7) is 0. The minimum absolute atomic E-state index is 1.57. The van der Waals surface area contributed by atoms with Gasteiger partial charge >= 0.3 is 0 Å². The molecule has 64 valence electrons. The third kappa shape index (κ3) is 4.05. The molecular formula is C8H10N2O2. The topological polar surface area (TPSA) is 42.5 Å². The van der Waals surface area contributed by atoms with E-state index in [-0.39, 0.29) is 0 Å². The molecular weight excluding hydrogens is 156 g/mol. The van der Waals surface area contributed by atoms with Crippen LogP contribution < -0.4 is 10.8 Å². The first-order valence-electron chi connectivity index (χ1n) is 3.44. The van der Waals surface area contributed by atoms with Gasteiger partial charge in [-0.25, -0.2) is 5.48 Å². The summed E-state index contributed by atoms with van der Waals surface area (Å²) in [5.41, 5.74) is 2.52. The van der Waals surface area contributed by atoms with Gasteiger partial charge < -0.3 is 14.9 Å². The van der Waals surface area contributed by atoms with E-state index in [1.54, 1.807) is 43.5 Å². The van der Waals surface area contributed by atoms with E-state index in [9.17, 15) is 0 Å². The fourth-order valence-electron chi connectivity index (χ4n) is 0.516. The summed E-state index contributed by atoms with van der Waals surface area (Å²) in [6.07, 6.45) is 13.5. The first kappa shape index (κ1) is 8.26. The molecule has 2 aliphatic rings. The van der Waals surface area contributed by atoms with Crippen LogP contribution in [0.5, 0.6) is 0 Å². The standard InChI is InChI=1S/2C4H5NO/c1-3-6-4-2-5-1;1-2-4-6-5-3-1/h2*1-5H. The van der Waals surface area contributed by atoms with Gasteiger partial charge in [-0.05, 0) is 12.2 Å². The lowest BCUT2D eigenvalue weighted by molar-refractivity contribution is 0.172. The molecule has 0 aromatic heterocycles. The van der Waals surface area contributed by atoms with Gasteiger partial charge in [-0.2, -0.15) is 0 Å². The number of hydrogen-bond acceptors (Lipinski definition) is 4. The first-order valence-corrected chi connectivity index (χ1v) is 3.44. The Kier molecular flexibility index (Phi) is 4.07. The molecule has 2 heterocycles. The molecule has 2 rings (SSSR count). The van der Waals surface area contributed by atoms with Crippen LogP contribution in [0.15, 0.2) is 49.5 Å². The molecule has 0 aromatic carbocycles. The van der Waals surface area contributed by atoms with Crippen LogP contribution in [0.2, 0.25) is 0 Å². The maximum absolute atomic E-state index is 4.65. The van der Waals surface area contributed by atoms with E-state index in [0.29, 0.717) is 0 Å². The molecule has 0 aliphatic carbocycles. The average Bonchev–Trinajstić information content (AvgIpc) is 2.24. The molecule has 0 bridgehead atoms. The summed E-state index contributed by atoms with van der Waals surface area (Å²) in [5, 5.41) is 2.80. The number of allylic oxidation sites excluding steroid dienone is 2. The predicted molar refractivity (Wildman–Crippen MR) is 45.0 cm³/mol. The number of hydroxylamine groups is 1. The number of hydrogen-bond donors (Lipinski definition) is 2. The van der Waals surface area contributed by atoms with E-state index in [2.05, 4.69) is 20.4 Å². The van der Waals surface area contributed by atoms with Crippen molar-refractivity contribution in [1.29, 1.82) is 0 Å². The zero-order valence-electron chi connectivity index (χ0n) is 6.44. The van der Waals surface area contributed by atoms with Crippen molar-refractivity contribution in [1.82, 2.24) is 10.8 Å². The minimum Gasteiger partial charge on any atom is -0.470 e. The van der Waals surface area contributed by atoms with Gasteiger partial charge in [-0.3, -0.25) is 0 Å². The summed E-state index contributed by atoms with van der Waals surface area (Å²) < 4.78 is 4.65. The van der Waals surface area contributed by atoms with Crippen molar-refractivity contribution in [2.75, 3.05) is 0 Å². The lowest BCUT2D eigenvalue weighted by Gasteiger charge is -1.97. The predicted octanol–water partition coefficient (Wildman–Crippen LogP) is 1.10. The van der Waals surface area contributed by atoms with Gasteiger partial charge in [0.05, 0.1) is 0 Å². The molecule has 0 saturated carbocycles. The molecule has 0 spiro atoms. The third-order valence-electron chi connectivity index (χ3n) is 0.976. The number of nitrogens with one attached hydrogen (secondary N) is 2. The van der Waals surface area contributed by atoms with E-state index >= 15 is 0 Å². The van der Waals surface area contributed by atoms with Crippen molar-refractivity contribution in [3.63, 3.8) is 0 Å². The zero-order chi connectivity index (χ0) is 8.49. The summed E-state index contributed by atoms with van der Waals surface area (Å²) in [4.78, 5) is 4.55. The minimum atomic E-state index is 1.57. The Morgan fingerprint density at radius 3 is 1.83 bits per heavy atom. The average molecular weight is 166 g/mol. The van der Waals surface area contributed by atoms with Crippen molar-refractivity contribution < 1.29 is 9.57 Å². The van der Waals surface area contributed by atoms with Gasteiger partial charge in [0.2, 0.25) is 0 Å². The van der Waals surface area contributed by atoms with Crippen molar-refractivity contribution >= 4 is 0 Å². The van der Waals surface area contributed by atoms with Gasteiger partial charge in [0.15, 0.2) is 0 Å². The summed E-state index contributed by atoms with van der Waals surface area (Å²) in [7, 11) is 0. The third-order valence-corrected chi connectivity index (χ3v) is 0.976. The Morgan fingerprint density at radius 1 is 0.833 bits per heavy atom. The molecule has 0 atom stereocenters. The molecule has 12 heavy (non-hydrogen) atoms. The van der Waals surface area contributed by atoms with E-state index in [1.165, 1.54) is 0 Å². The summed E-state index contributed by atoms with van der Waals surface area (Å²) in [6, 6.07) is 0. The van der Waals surface area contributed by atoms with Crippen LogP contribution in [-0.2, 0) is 9.57 Å². The molecule has 2 aliphatic heterocycles. The fraction of sp³-hybridized carbons (Fsp3) is 0. The van der Waals surface area contributed by atoms with Crippen LogP contribution in [-0.4, -0.2) is 0 Å². The lowest BCUT2D eigenvalue weighted by Crippen LogP contribution is -2.01. The van der Waals surface area contributed by atoms with Gasteiger partial charge in [0, 0.05) is 18.6 Å². The quantitative estimate of drug-likeness (QED) is 0.565. The Bertz CT molecular complexity index is 187. The van der Waals surface area contributed by atoms with Crippen molar-refractivity contribution in [3.8, 4) is 0 Å². The lowest BCUT2D eigenvalue weighted by atomic mass is 10.6. The highest BCUT2D eigenvalue weighted by Gasteiger charge is 1.73. The molecule has 0 fully saturated rings. The number of rotatable bonds is 0. The monoisotopic (exact) mass is 166 g/mol. The van der Waals surface area contributed by atoms with Gasteiger partial charge in [0.25, 0.3) is 0 Å². The largest absolute Gasteiger partial charge is 0.470 e. The fourth-order valence-corrected chi connectivity index (χ4v) is 0.516. The SMILES string of the molecule is C1=CNOC=C1.C1=COC=CN1. The maximum atomic E-state index is 4.65. The molecule has 4 nitrogen and oxygen atoms in total. The molecule has 0 unspecified atom stereocenters. The summed E-state index contributed by atoms with van der Waals surface area (Å²) in [5.74, 6) is 0. The van der Waals surface area contributed by atoms with Crippen LogP contribution in [0.25, 0.3) is 0 Å². The van der Waals surface area contributed by atoms with Gasteiger partial charge in [-0.15, -0.1) is 0 Å². The number of ether oxygens (including phenoxy) is 1. The van der Waals surface area contributed by atoms with Crippen LogP contribution in [0.3, 0.4) is 0 Å². The second-order valence-electron chi connectivity index (χ2n) is 1.83. The van der Waals surface area contributed by atoms with E-state index in [4.69, 9.17) is 0 Å². The smallest absolute Gasteiger partial charge is 0.119 e. The normalized spacial score (nSPS) is 16.0. The Morgan fingerprint density at radius 2 is 1.67 bits per heavy atom. The molecule has 0 aromatic rings. The van der Waals surface area contributed by atoms with Crippen LogP contribution in [0, 0.1) is 0 Å². The van der Waals surface area contributed by atoms with Crippen LogP contribution in [0.1, 0.15) is 0 Å². The second kappa shape index (κ2) is 5.91. The van der Waals surface area contributed by atoms with E-state index < -0.39 is 0 Å². The Labute approximate surface area is 70.8 Å². The molecule has 4 heteroatoms. The highest BCUT2D eigenvalue weighted by Crippen LogP contribution is 1.81.